The van der Waals surface area contributed by atoms with E-state index in [1.165, 1.54) is 0 Å². The normalized spacial score (nSPS) is 20.8. The van der Waals surface area contributed by atoms with E-state index in [1.54, 1.807) is 0 Å². The van der Waals surface area contributed by atoms with Crippen LogP contribution >= 0.6 is 0 Å². The molecule has 1 heterocycles. The molecule has 0 aromatic rings. The summed E-state index contributed by atoms with van der Waals surface area (Å²) in [6.45, 7) is 4.10. The minimum Gasteiger partial charge on any atom is -0.330 e. The zero-order valence-electron chi connectivity index (χ0n) is 5.43. The molecular formula is C5H10BN3. The highest BCUT2D eigenvalue weighted by molar-refractivity contribution is 6.41. The summed E-state index contributed by atoms with van der Waals surface area (Å²) in [4.78, 5) is 2.15. The van der Waals surface area contributed by atoms with Crippen molar-refractivity contribution in [3.63, 3.8) is 0 Å². The molecule has 9 heavy (non-hydrogen) atoms. The number of nitriles is 1. The van der Waals surface area contributed by atoms with Gasteiger partial charge >= 0.3 is 7.41 Å². The summed E-state index contributed by atoms with van der Waals surface area (Å²) in [6, 6.07) is 0. The molecule has 0 atom stereocenters. The van der Waals surface area contributed by atoms with Crippen LogP contribution in [-0.4, -0.2) is 38.4 Å². The lowest BCUT2D eigenvalue weighted by molar-refractivity contribution is 0.379. The Bertz CT molecular complexity index is 114. The molecule has 1 aliphatic heterocycles. The van der Waals surface area contributed by atoms with Crippen molar-refractivity contribution in [1.82, 2.24) is 10.1 Å². The van der Waals surface area contributed by atoms with Crippen LogP contribution in [0.3, 0.4) is 0 Å². The van der Waals surface area contributed by atoms with Gasteiger partial charge in [-0.05, 0) is 0 Å². The third-order valence-corrected chi connectivity index (χ3v) is 1.50. The summed E-state index contributed by atoms with van der Waals surface area (Å²) in [5, 5.41) is 11.5. The monoisotopic (exact) mass is 123 g/mol. The average molecular weight is 123 g/mol. The first-order valence-corrected chi connectivity index (χ1v) is 3.23. The second-order valence-corrected chi connectivity index (χ2v) is 2.18. The number of nitrogens with zero attached hydrogens (tertiary/aromatic N) is 2. The fourth-order valence-electron chi connectivity index (χ4n) is 0.969. The van der Waals surface area contributed by atoms with E-state index < -0.39 is 0 Å². The molecular weight excluding hydrogens is 113 g/mol. The van der Waals surface area contributed by atoms with Crippen molar-refractivity contribution in [1.29, 1.82) is 5.26 Å². The Hall–Kier alpha value is -0.525. The molecule has 0 aliphatic carbocycles. The SMILES string of the molecule is N#CBN1CCNCC1. The third kappa shape index (κ3) is 2.04. The van der Waals surface area contributed by atoms with Gasteiger partial charge in [0.15, 0.2) is 0 Å². The van der Waals surface area contributed by atoms with Crippen LogP contribution in [0.2, 0.25) is 0 Å². The predicted octanol–water partition coefficient (Wildman–Crippen LogP) is -1.28. The maximum atomic E-state index is 8.31. The minimum absolute atomic E-state index is 0.585. The van der Waals surface area contributed by atoms with Gasteiger partial charge in [0.1, 0.15) is 0 Å². The van der Waals surface area contributed by atoms with Gasteiger partial charge in [-0.25, -0.2) is 5.26 Å². The van der Waals surface area contributed by atoms with Crippen LogP contribution in [0.4, 0.5) is 0 Å². The quantitative estimate of drug-likeness (QED) is 0.441. The fourth-order valence-corrected chi connectivity index (χ4v) is 0.969. The van der Waals surface area contributed by atoms with Crippen molar-refractivity contribution < 1.29 is 0 Å². The van der Waals surface area contributed by atoms with Gasteiger partial charge in [-0.3, -0.25) is 0 Å². The molecule has 1 saturated heterocycles. The van der Waals surface area contributed by atoms with Crippen LogP contribution in [-0.2, 0) is 0 Å². The summed E-state index contributed by atoms with van der Waals surface area (Å²) in [5.41, 5.74) is 0. The molecule has 0 unspecified atom stereocenters. The molecule has 1 rings (SSSR count). The fraction of sp³-hybridized carbons (Fsp3) is 0.800. The average Bonchev–Trinajstić information content (AvgIpc) is 1.91. The topological polar surface area (TPSA) is 39.1 Å². The second kappa shape index (κ2) is 3.49. The Labute approximate surface area is 55.9 Å². The number of nitrogens with one attached hydrogen (secondary N) is 1. The van der Waals surface area contributed by atoms with E-state index in [-0.39, 0.29) is 0 Å². The van der Waals surface area contributed by atoms with Gasteiger partial charge in [-0.2, -0.15) is 0 Å². The third-order valence-electron chi connectivity index (χ3n) is 1.50. The zero-order chi connectivity index (χ0) is 6.53. The zero-order valence-corrected chi connectivity index (χ0v) is 5.43. The molecule has 3 nitrogen and oxygen atoms in total. The lowest BCUT2D eigenvalue weighted by Gasteiger charge is -2.23. The first-order valence-electron chi connectivity index (χ1n) is 3.23. The van der Waals surface area contributed by atoms with Crippen LogP contribution in [0, 0.1) is 11.2 Å². The van der Waals surface area contributed by atoms with E-state index in [1.807, 2.05) is 0 Å². The molecule has 4 heteroatoms. The molecule has 0 aromatic heterocycles. The van der Waals surface area contributed by atoms with E-state index in [9.17, 15) is 0 Å². The van der Waals surface area contributed by atoms with Crippen LogP contribution in [0.1, 0.15) is 0 Å². The highest BCUT2D eigenvalue weighted by atomic mass is 15.1. The number of hydrogen-bond donors (Lipinski definition) is 1. The number of rotatable bonds is 1. The van der Waals surface area contributed by atoms with Crippen molar-refractivity contribution in [2.45, 2.75) is 0 Å². The number of piperazine rings is 1. The molecule has 0 radical (unpaired) electrons. The van der Waals surface area contributed by atoms with Crippen LogP contribution in [0.15, 0.2) is 0 Å². The van der Waals surface area contributed by atoms with Crippen molar-refractivity contribution in [2.24, 2.45) is 0 Å². The Morgan fingerprint density at radius 1 is 1.44 bits per heavy atom. The smallest absolute Gasteiger partial charge is 0.330 e. The minimum atomic E-state index is 0.585. The van der Waals surface area contributed by atoms with Crippen molar-refractivity contribution in [3.8, 4) is 5.97 Å². The first-order chi connectivity index (χ1) is 4.43. The molecule has 0 amide bonds. The van der Waals surface area contributed by atoms with Gasteiger partial charge in [0.25, 0.3) is 0 Å². The van der Waals surface area contributed by atoms with Crippen LogP contribution in [0.5, 0.6) is 0 Å². The Kier molecular flexibility index (Phi) is 2.56. The molecule has 0 bridgehead atoms. The summed E-state index contributed by atoms with van der Waals surface area (Å²) in [5.74, 6) is 2.14. The second-order valence-electron chi connectivity index (χ2n) is 2.18. The van der Waals surface area contributed by atoms with E-state index in [0.717, 1.165) is 26.2 Å². The van der Waals surface area contributed by atoms with Gasteiger partial charge in [0, 0.05) is 32.1 Å². The van der Waals surface area contributed by atoms with Crippen LogP contribution < -0.4 is 5.32 Å². The predicted molar refractivity (Wildman–Crippen MR) is 37.2 cm³/mol. The van der Waals surface area contributed by atoms with Crippen molar-refractivity contribution in [2.75, 3.05) is 26.2 Å². The number of hydrogen-bond acceptors (Lipinski definition) is 3. The Morgan fingerprint density at radius 2 is 2.11 bits per heavy atom. The van der Waals surface area contributed by atoms with E-state index >= 15 is 0 Å². The first kappa shape index (κ1) is 6.59. The standard InChI is InChI=1S/C5H10BN3/c7-5-6-9-3-1-8-2-4-9/h6,8H,1-4H2. The summed E-state index contributed by atoms with van der Waals surface area (Å²) in [7, 11) is 0.585. The molecule has 0 aromatic carbocycles. The van der Waals surface area contributed by atoms with E-state index in [0.29, 0.717) is 7.41 Å². The Balaban J connectivity index is 2.17. The maximum absolute atomic E-state index is 8.31. The van der Waals surface area contributed by atoms with E-state index in [2.05, 4.69) is 16.1 Å². The van der Waals surface area contributed by atoms with Crippen LogP contribution in [0.25, 0.3) is 0 Å². The molecule has 1 fully saturated rings. The summed E-state index contributed by atoms with van der Waals surface area (Å²) in [6.07, 6.45) is 0. The van der Waals surface area contributed by atoms with Gasteiger partial charge in [-0.15, -0.1) is 0 Å². The van der Waals surface area contributed by atoms with Crippen molar-refractivity contribution in [3.05, 3.63) is 0 Å². The lowest BCUT2D eigenvalue weighted by atomic mass is 9.94. The maximum Gasteiger partial charge on any atom is 0.331 e. The summed E-state index contributed by atoms with van der Waals surface area (Å²) >= 11 is 0. The van der Waals surface area contributed by atoms with Crippen molar-refractivity contribution >= 4 is 7.41 Å². The van der Waals surface area contributed by atoms with Gasteiger partial charge in [0.05, 0.1) is 0 Å². The molecule has 1 N–H and O–H groups in total. The largest absolute Gasteiger partial charge is 0.331 e. The molecule has 0 saturated carbocycles. The molecule has 0 spiro atoms. The molecule has 48 valence electrons. The van der Waals surface area contributed by atoms with E-state index in [4.69, 9.17) is 5.26 Å². The highest BCUT2D eigenvalue weighted by Crippen LogP contribution is 1.86. The highest BCUT2D eigenvalue weighted by Gasteiger charge is 2.08. The Morgan fingerprint density at radius 3 is 2.67 bits per heavy atom. The van der Waals surface area contributed by atoms with Gasteiger partial charge in [-0.1, -0.05) is 0 Å². The molecule has 1 aliphatic rings. The lowest BCUT2D eigenvalue weighted by Crippen LogP contribution is -2.44. The summed E-state index contributed by atoms with van der Waals surface area (Å²) < 4.78 is 0. The van der Waals surface area contributed by atoms with Gasteiger partial charge in [0.2, 0.25) is 0 Å². The van der Waals surface area contributed by atoms with Gasteiger partial charge < -0.3 is 10.1 Å².